The van der Waals surface area contributed by atoms with Gasteiger partial charge in [0.15, 0.2) is 11.5 Å². The van der Waals surface area contributed by atoms with Crippen molar-refractivity contribution >= 4 is 5.97 Å². The number of hydrogen-bond acceptors (Lipinski definition) is 10. The molecule has 3 rings (SSSR count). The Morgan fingerprint density at radius 3 is 1.79 bits per heavy atom. The van der Waals surface area contributed by atoms with Crippen LogP contribution in [0.3, 0.4) is 0 Å². The van der Waals surface area contributed by atoms with Gasteiger partial charge in [-0.3, -0.25) is 0 Å². The monoisotopic (exact) mass is 662 g/mol. The molecule has 0 atom stereocenters. The van der Waals surface area contributed by atoms with Crippen molar-refractivity contribution in [2.75, 3.05) is 99.0 Å². The predicted molar refractivity (Wildman–Crippen MR) is 178 cm³/mol. The minimum Gasteiger partial charge on any atom is -0.494 e. The van der Waals surface area contributed by atoms with Gasteiger partial charge in [-0.05, 0) is 74.6 Å². The molecule has 0 spiro atoms. The van der Waals surface area contributed by atoms with E-state index in [1.807, 2.05) is 0 Å². The average Bonchev–Trinajstić information content (AvgIpc) is 3.09. The second kappa shape index (κ2) is 26.1. The van der Waals surface area contributed by atoms with Gasteiger partial charge in [0, 0.05) is 5.56 Å². The van der Waals surface area contributed by atoms with Crippen molar-refractivity contribution in [2.45, 2.75) is 52.0 Å². The van der Waals surface area contributed by atoms with E-state index in [2.05, 4.69) is 36.5 Å². The van der Waals surface area contributed by atoms with Gasteiger partial charge in [0.05, 0.1) is 91.4 Å². The van der Waals surface area contributed by atoms with Crippen LogP contribution in [0.25, 0.3) is 0 Å². The Balaban J connectivity index is 1.33. The smallest absolute Gasteiger partial charge is 0.338 e. The lowest BCUT2D eigenvalue weighted by molar-refractivity contribution is -0.670. The quantitative estimate of drug-likeness (QED) is 0.233. The van der Waals surface area contributed by atoms with Crippen LogP contribution in [-0.4, -0.2) is 105 Å². The van der Waals surface area contributed by atoms with E-state index in [0.29, 0.717) is 110 Å². The summed E-state index contributed by atoms with van der Waals surface area (Å²) in [5.74, 6) is 1.48. The highest BCUT2D eigenvalue weighted by Gasteiger charge is 2.14. The van der Waals surface area contributed by atoms with Crippen molar-refractivity contribution in [3.05, 3.63) is 53.6 Å². The lowest BCUT2D eigenvalue weighted by atomic mass is 10.2. The third-order valence-electron chi connectivity index (χ3n) is 7.24. The van der Waals surface area contributed by atoms with Crippen molar-refractivity contribution < 1.29 is 52.7 Å². The summed E-state index contributed by atoms with van der Waals surface area (Å²) in [6.07, 6.45) is 6.19. The zero-order chi connectivity index (χ0) is 33.0. The van der Waals surface area contributed by atoms with E-state index in [1.165, 1.54) is 24.9 Å². The van der Waals surface area contributed by atoms with E-state index >= 15 is 0 Å². The van der Waals surface area contributed by atoms with Gasteiger partial charge in [-0.25, -0.2) is 4.79 Å². The third kappa shape index (κ3) is 18.3. The molecule has 11 heteroatoms. The van der Waals surface area contributed by atoms with Gasteiger partial charge in [-0.15, -0.1) is 0 Å². The molecule has 0 amide bonds. The van der Waals surface area contributed by atoms with E-state index in [9.17, 15) is 4.79 Å². The highest BCUT2D eigenvalue weighted by atomic mass is 16.6. The maximum Gasteiger partial charge on any atom is 0.338 e. The molecule has 0 saturated carbocycles. The van der Waals surface area contributed by atoms with E-state index in [0.717, 1.165) is 38.0 Å². The van der Waals surface area contributed by atoms with Gasteiger partial charge in [0.25, 0.3) is 0 Å². The Morgan fingerprint density at radius 1 is 0.638 bits per heavy atom. The largest absolute Gasteiger partial charge is 0.494 e. The van der Waals surface area contributed by atoms with Crippen molar-refractivity contribution in [1.29, 1.82) is 0 Å². The molecule has 1 aliphatic heterocycles. The van der Waals surface area contributed by atoms with E-state index < -0.39 is 5.97 Å². The number of fused-ring (bicyclic) bond motifs is 1. The summed E-state index contributed by atoms with van der Waals surface area (Å²) in [7, 11) is 0. The Kier molecular flexibility index (Phi) is 21.4. The minimum atomic E-state index is -0.394. The molecule has 0 aromatic heterocycles. The summed E-state index contributed by atoms with van der Waals surface area (Å²) in [5, 5.41) is 2.35. The third-order valence-corrected chi connectivity index (χ3v) is 7.24. The van der Waals surface area contributed by atoms with Crippen LogP contribution in [0.2, 0.25) is 0 Å². The number of esters is 1. The lowest BCUT2D eigenvalue weighted by Crippen LogP contribution is -2.82. The first-order valence-electron chi connectivity index (χ1n) is 17.2. The number of hydrogen-bond donors (Lipinski definition) is 1. The van der Waals surface area contributed by atoms with Crippen LogP contribution >= 0.6 is 0 Å². The average molecular weight is 663 g/mol. The number of nitrogens with two attached hydrogens (primary N) is 1. The highest BCUT2D eigenvalue weighted by Crippen LogP contribution is 2.29. The van der Waals surface area contributed by atoms with Crippen LogP contribution in [0.15, 0.2) is 42.5 Å². The normalized spacial score (nSPS) is 16.1. The summed E-state index contributed by atoms with van der Waals surface area (Å²) in [6, 6.07) is 13.4. The summed E-state index contributed by atoms with van der Waals surface area (Å²) in [5.41, 5.74) is 1.72. The van der Waals surface area contributed by atoms with Crippen molar-refractivity contribution in [3.8, 4) is 17.2 Å². The fraction of sp³-hybridized carbons (Fsp3) is 0.639. The number of quaternary nitrogens is 1. The fourth-order valence-corrected chi connectivity index (χ4v) is 4.60. The fourth-order valence-electron chi connectivity index (χ4n) is 4.60. The number of carbonyl (C=O) groups excluding carboxylic acids is 1. The first-order chi connectivity index (χ1) is 23.3. The summed E-state index contributed by atoms with van der Waals surface area (Å²) < 4.78 is 50.9. The van der Waals surface area contributed by atoms with Gasteiger partial charge < -0.3 is 47.9 Å². The van der Waals surface area contributed by atoms with Crippen LogP contribution in [0, 0.1) is 0 Å². The minimum absolute atomic E-state index is 0.290. The van der Waals surface area contributed by atoms with Crippen LogP contribution < -0.4 is 19.5 Å². The topological polar surface area (TPSA) is 117 Å². The van der Waals surface area contributed by atoms with Crippen molar-refractivity contribution in [2.24, 2.45) is 0 Å². The molecular formula is C36H56NO10+. The van der Waals surface area contributed by atoms with E-state index in [-0.39, 0.29) is 0 Å². The number of benzene rings is 2. The molecule has 0 bridgehead atoms. The second-order valence-corrected chi connectivity index (χ2v) is 11.1. The number of rotatable bonds is 14. The molecule has 1 heterocycles. The molecular weight excluding hydrogens is 606 g/mol. The zero-order valence-corrected chi connectivity index (χ0v) is 28.3. The van der Waals surface area contributed by atoms with Crippen molar-refractivity contribution in [1.82, 2.24) is 0 Å². The molecule has 0 aliphatic carbocycles. The maximum absolute atomic E-state index is 12.8. The Labute approximate surface area is 280 Å². The molecule has 2 aromatic rings. The van der Waals surface area contributed by atoms with Gasteiger partial charge >= 0.3 is 5.97 Å². The predicted octanol–water partition coefficient (Wildman–Crippen LogP) is 4.20. The zero-order valence-electron chi connectivity index (χ0n) is 28.3. The number of carbonyl (C=O) groups is 1. The molecule has 2 N–H and O–H groups in total. The van der Waals surface area contributed by atoms with Gasteiger partial charge in [0.2, 0.25) is 0 Å². The van der Waals surface area contributed by atoms with E-state index in [1.54, 1.807) is 18.2 Å². The molecule has 0 saturated heterocycles. The number of unbranched alkanes of at least 4 members (excludes halogenated alkanes) is 4. The van der Waals surface area contributed by atoms with Crippen molar-refractivity contribution in [3.63, 3.8) is 0 Å². The molecule has 2 aromatic carbocycles. The summed E-state index contributed by atoms with van der Waals surface area (Å²) >= 11 is 0. The van der Waals surface area contributed by atoms with Gasteiger partial charge in [-0.1, -0.05) is 13.3 Å². The first kappa shape index (κ1) is 38.5. The molecule has 0 radical (unpaired) electrons. The van der Waals surface area contributed by atoms with Crippen LogP contribution in [0.4, 0.5) is 0 Å². The summed E-state index contributed by atoms with van der Waals surface area (Å²) in [6.45, 7) is 10.7. The van der Waals surface area contributed by atoms with Crippen LogP contribution in [0.5, 0.6) is 17.2 Å². The molecule has 264 valence electrons. The molecule has 0 unspecified atom stereocenters. The Bertz CT molecular complexity index is 1070. The Morgan fingerprint density at radius 2 is 1.19 bits per heavy atom. The molecule has 1 aliphatic rings. The van der Waals surface area contributed by atoms with Gasteiger partial charge in [0.1, 0.15) is 25.5 Å². The highest BCUT2D eigenvalue weighted by molar-refractivity contribution is 5.90. The van der Waals surface area contributed by atoms with Gasteiger partial charge in [-0.2, -0.15) is 0 Å². The number of ether oxygens (including phenoxy) is 9. The van der Waals surface area contributed by atoms with E-state index in [4.69, 9.17) is 42.6 Å². The second-order valence-electron chi connectivity index (χ2n) is 11.1. The van der Waals surface area contributed by atoms with Crippen LogP contribution in [0.1, 0.15) is 61.4 Å². The molecule has 47 heavy (non-hydrogen) atoms. The first-order valence-corrected chi connectivity index (χ1v) is 17.2. The lowest BCUT2D eigenvalue weighted by Gasteiger charge is -2.14. The van der Waals surface area contributed by atoms with Crippen LogP contribution in [-0.2, 0) is 35.0 Å². The SMILES string of the molecule is CCCC[NH2+]Cc1ccc(OCCCCCCOC(=O)c2ccc3c(c2)OCCOCCOCCOCCOCCOCCO3)cc1. The molecule has 0 fully saturated rings. The summed E-state index contributed by atoms with van der Waals surface area (Å²) in [4.78, 5) is 12.8. The standard InChI is InChI=1S/C36H55NO10/c1-2-3-14-37-30-31-8-11-33(12-9-31)44-15-6-4-5-7-16-47-36(38)32-10-13-34-35(29-32)46-28-26-43-24-22-41-20-18-39-17-19-40-21-23-42-25-27-45-34/h8-13,29,37H,2-7,14-28,30H2,1H3/p+1. The Hall–Kier alpha value is -2.93. The molecule has 11 nitrogen and oxygen atoms in total. The maximum atomic E-state index is 12.8.